The summed E-state index contributed by atoms with van der Waals surface area (Å²) in [7, 11) is 0. The van der Waals surface area contributed by atoms with E-state index in [2.05, 4.69) is 121 Å². The van der Waals surface area contributed by atoms with Gasteiger partial charge in [0.1, 0.15) is 0 Å². The number of fused-ring (bicyclic) bond motifs is 3. The number of nitrogens with zero attached hydrogens (tertiary/aromatic N) is 4. The Balaban J connectivity index is 1.22. The van der Waals surface area contributed by atoms with Gasteiger partial charge in [-0.15, -0.1) is 0 Å². The molecular weight excluding hydrogens is 536 g/mol. The number of para-hydroxylation sites is 1. The van der Waals surface area contributed by atoms with Crippen molar-refractivity contribution in [2.45, 2.75) is 19.3 Å². The maximum Gasteiger partial charge on any atom is 0.164 e. The van der Waals surface area contributed by atoms with Crippen molar-refractivity contribution in [3.05, 3.63) is 151 Å². The Labute approximate surface area is 257 Å². The lowest BCUT2D eigenvalue weighted by atomic mass is 9.93. The molecule has 0 saturated carbocycles. The molecule has 0 N–H and O–H groups in total. The Bertz CT molecular complexity index is 2130. The van der Waals surface area contributed by atoms with Gasteiger partial charge in [-0.3, -0.25) is 0 Å². The van der Waals surface area contributed by atoms with E-state index in [1.807, 2.05) is 36.4 Å². The zero-order chi connectivity index (χ0) is 29.5. The monoisotopic (exact) mass is 566 g/mol. The maximum absolute atomic E-state index is 4.99. The number of hydrogen-bond donors (Lipinski definition) is 0. The smallest absolute Gasteiger partial charge is 0.164 e. The first-order valence-electron chi connectivity index (χ1n) is 15.1. The summed E-state index contributed by atoms with van der Waals surface area (Å²) in [5.41, 5.74) is 10.3. The van der Waals surface area contributed by atoms with E-state index in [0.29, 0.717) is 23.4 Å². The standard InChI is InChI=1S/C40H30N4/c1-27-11-10-17-35-34-16-8-9-18-36(34)44(37(27)35)33-25-23-32(24-26-33)40-42-38(30-14-6-3-7-15-30)41-39(43-40)31-21-19-29(20-22-31)28-12-4-2-5-13-28/h2-10,12-27H,11H2,1H3. The van der Waals surface area contributed by atoms with Gasteiger partial charge >= 0.3 is 0 Å². The molecule has 0 aliphatic heterocycles. The van der Waals surface area contributed by atoms with Gasteiger partial charge in [0.15, 0.2) is 17.5 Å². The molecule has 1 unspecified atom stereocenters. The number of benzene rings is 5. The predicted octanol–water partition coefficient (Wildman–Crippen LogP) is 10.0. The molecule has 210 valence electrons. The molecule has 5 aromatic carbocycles. The van der Waals surface area contributed by atoms with E-state index in [-0.39, 0.29) is 0 Å². The highest BCUT2D eigenvalue weighted by molar-refractivity contribution is 5.93. The third-order valence-corrected chi connectivity index (χ3v) is 8.49. The minimum absolute atomic E-state index is 0.440. The minimum atomic E-state index is 0.440. The van der Waals surface area contributed by atoms with Gasteiger partial charge in [0.25, 0.3) is 0 Å². The lowest BCUT2D eigenvalue weighted by Gasteiger charge is -2.19. The number of hydrogen-bond acceptors (Lipinski definition) is 3. The van der Waals surface area contributed by atoms with Crippen molar-refractivity contribution in [2.75, 3.05) is 0 Å². The average Bonchev–Trinajstić information content (AvgIpc) is 3.45. The lowest BCUT2D eigenvalue weighted by Crippen LogP contribution is -2.07. The summed E-state index contributed by atoms with van der Waals surface area (Å²) in [6.45, 7) is 2.32. The molecule has 0 radical (unpaired) electrons. The van der Waals surface area contributed by atoms with Crippen molar-refractivity contribution in [1.29, 1.82) is 0 Å². The fourth-order valence-electron chi connectivity index (χ4n) is 6.28. The van der Waals surface area contributed by atoms with Crippen LogP contribution in [-0.4, -0.2) is 19.5 Å². The van der Waals surface area contributed by atoms with Crippen molar-refractivity contribution in [2.24, 2.45) is 0 Å². The van der Waals surface area contributed by atoms with Gasteiger partial charge in [-0.25, -0.2) is 15.0 Å². The van der Waals surface area contributed by atoms with E-state index in [9.17, 15) is 0 Å². The molecule has 0 amide bonds. The van der Waals surface area contributed by atoms with Crippen molar-refractivity contribution < 1.29 is 0 Å². The van der Waals surface area contributed by atoms with Gasteiger partial charge < -0.3 is 4.57 Å². The summed E-state index contributed by atoms with van der Waals surface area (Å²) < 4.78 is 2.42. The van der Waals surface area contributed by atoms with Crippen molar-refractivity contribution >= 4 is 17.0 Å². The van der Waals surface area contributed by atoms with Crippen LogP contribution in [-0.2, 0) is 0 Å². The summed E-state index contributed by atoms with van der Waals surface area (Å²) in [4.78, 5) is 14.9. The van der Waals surface area contributed by atoms with E-state index in [4.69, 9.17) is 15.0 Å². The number of rotatable bonds is 5. The van der Waals surface area contributed by atoms with Gasteiger partial charge in [-0.2, -0.15) is 0 Å². The van der Waals surface area contributed by atoms with Gasteiger partial charge in [-0.1, -0.05) is 122 Å². The first-order chi connectivity index (χ1) is 21.7. The molecule has 0 fully saturated rings. The summed E-state index contributed by atoms with van der Waals surface area (Å²) in [5.74, 6) is 2.41. The van der Waals surface area contributed by atoms with Crippen LogP contribution in [0.25, 0.3) is 68.0 Å². The Morgan fingerprint density at radius 2 is 1.00 bits per heavy atom. The summed E-state index contributed by atoms with van der Waals surface area (Å²) in [5, 5.41) is 1.29. The van der Waals surface area contributed by atoms with E-state index >= 15 is 0 Å². The van der Waals surface area contributed by atoms with E-state index in [1.54, 1.807) is 0 Å². The van der Waals surface area contributed by atoms with Gasteiger partial charge in [0.2, 0.25) is 0 Å². The Morgan fingerprint density at radius 3 is 1.64 bits per heavy atom. The van der Waals surface area contributed by atoms with Crippen LogP contribution in [0.1, 0.15) is 30.5 Å². The molecular formula is C40H30N4. The van der Waals surface area contributed by atoms with E-state index < -0.39 is 0 Å². The van der Waals surface area contributed by atoms with Crippen LogP contribution in [0.5, 0.6) is 0 Å². The van der Waals surface area contributed by atoms with Crippen LogP contribution in [0.2, 0.25) is 0 Å². The average molecular weight is 567 g/mol. The first kappa shape index (κ1) is 26.1. The Kier molecular flexibility index (Phi) is 6.45. The molecule has 1 aliphatic carbocycles. The highest BCUT2D eigenvalue weighted by atomic mass is 15.0. The van der Waals surface area contributed by atoms with Crippen LogP contribution in [0.15, 0.2) is 140 Å². The van der Waals surface area contributed by atoms with Crippen molar-refractivity contribution in [3.8, 4) is 51.0 Å². The number of aromatic nitrogens is 4. The molecule has 7 aromatic rings. The summed E-state index contributed by atoms with van der Waals surface area (Å²) >= 11 is 0. The molecule has 1 atom stereocenters. The summed E-state index contributed by atoms with van der Waals surface area (Å²) in [6, 6.07) is 46.3. The van der Waals surface area contributed by atoms with Gasteiger partial charge in [0, 0.05) is 44.9 Å². The molecule has 2 heterocycles. The van der Waals surface area contributed by atoms with Crippen LogP contribution in [0.4, 0.5) is 0 Å². The van der Waals surface area contributed by atoms with Crippen LogP contribution in [0.3, 0.4) is 0 Å². The highest BCUT2D eigenvalue weighted by Crippen LogP contribution is 2.39. The van der Waals surface area contributed by atoms with Gasteiger partial charge in [0.05, 0.1) is 5.52 Å². The molecule has 1 aliphatic rings. The topological polar surface area (TPSA) is 43.6 Å². The quantitative estimate of drug-likeness (QED) is 0.208. The molecule has 4 heteroatoms. The lowest BCUT2D eigenvalue weighted by molar-refractivity contribution is 0.723. The van der Waals surface area contributed by atoms with Crippen molar-refractivity contribution in [3.63, 3.8) is 0 Å². The van der Waals surface area contributed by atoms with E-state index in [0.717, 1.165) is 34.4 Å². The second-order valence-electron chi connectivity index (χ2n) is 11.4. The second kappa shape index (κ2) is 10.9. The van der Waals surface area contributed by atoms with Crippen LogP contribution < -0.4 is 0 Å². The first-order valence-corrected chi connectivity index (χ1v) is 15.1. The molecule has 44 heavy (non-hydrogen) atoms. The number of allylic oxidation sites excluding steroid dienone is 1. The molecule has 0 bridgehead atoms. The molecule has 2 aromatic heterocycles. The third kappa shape index (κ3) is 4.61. The third-order valence-electron chi connectivity index (χ3n) is 8.49. The summed E-state index contributed by atoms with van der Waals surface area (Å²) in [6.07, 6.45) is 5.63. The second-order valence-corrected chi connectivity index (χ2v) is 11.4. The largest absolute Gasteiger partial charge is 0.313 e. The van der Waals surface area contributed by atoms with Crippen molar-refractivity contribution in [1.82, 2.24) is 19.5 Å². The zero-order valence-corrected chi connectivity index (χ0v) is 24.4. The normalized spacial score (nSPS) is 14.1. The van der Waals surface area contributed by atoms with E-state index in [1.165, 1.54) is 27.7 Å². The van der Waals surface area contributed by atoms with Crippen LogP contribution in [0, 0.1) is 0 Å². The molecule has 4 nitrogen and oxygen atoms in total. The fraction of sp³-hybridized carbons (Fsp3) is 0.0750. The van der Waals surface area contributed by atoms with Crippen LogP contribution >= 0.6 is 0 Å². The molecule has 0 saturated heterocycles. The molecule has 8 rings (SSSR count). The SMILES string of the molecule is CC1CC=Cc2c1n(-c1ccc(-c3nc(-c4ccccc4)nc(-c4ccc(-c5ccccc5)cc4)n3)cc1)c1ccccc21. The zero-order valence-electron chi connectivity index (χ0n) is 24.4. The Hall–Kier alpha value is -5.61. The highest BCUT2D eigenvalue weighted by Gasteiger charge is 2.23. The maximum atomic E-state index is 4.99. The van der Waals surface area contributed by atoms with Gasteiger partial charge in [-0.05, 0) is 47.9 Å². The molecule has 0 spiro atoms. The Morgan fingerprint density at radius 1 is 0.523 bits per heavy atom. The predicted molar refractivity (Wildman–Crippen MR) is 180 cm³/mol. The fourth-order valence-corrected chi connectivity index (χ4v) is 6.28. The minimum Gasteiger partial charge on any atom is -0.313 e.